The number of methoxy groups -OCH3 is 1. The molecule has 1 fully saturated rings. The van der Waals surface area contributed by atoms with Crippen molar-refractivity contribution in [3.05, 3.63) is 22.7 Å². The van der Waals surface area contributed by atoms with E-state index in [0.29, 0.717) is 16.5 Å². The summed E-state index contributed by atoms with van der Waals surface area (Å²) in [5, 5.41) is 1.39. The lowest BCUT2D eigenvalue weighted by Gasteiger charge is -2.25. The Morgan fingerprint density at radius 3 is 2.61 bits per heavy atom. The third-order valence-corrected chi connectivity index (χ3v) is 4.12. The fourth-order valence-corrected chi connectivity index (χ4v) is 3.00. The number of alkyl halides is 1. The van der Waals surface area contributed by atoms with Gasteiger partial charge in [-0.05, 0) is 31.7 Å². The summed E-state index contributed by atoms with van der Waals surface area (Å²) in [6.45, 7) is 0. The van der Waals surface area contributed by atoms with Crippen molar-refractivity contribution in [2.24, 2.45) is 0 Å². The van der Waals surface area contributed by atoms with Crippen LogP contribution >= 0.6 is 27.5 Å². The van der Waals surface area contributed by atoms with Crippen molar-refractivity contribution in [2.75, 3.05) is 7.11 Å². The molecule has 1 aromatic rings. The number of hydrogen-bond acceptors (Lipinski definition) is 2. The summed E-state index contributed by atoms with van der Waals surface area (Å²) in [6, 6.07) is 3.74. The van der Waals surface area contributed by atoms with E-state index in [9.17, 15) is 0 Å². The van der Waals surface area contributed by atoms with Gasteiger partial charge in [-0.25, -0.2) is 0 Å². The first-order valence-electron chi connectivity index (χ1n) is 6.33. The van der Waals surface area contributed by atoms with Gasteiger partial charge in [0.05, 0.1) is 13.2 Å². The van der Waals surface area contributed by atoms with E-state index >= 15 is 0 Å². The van der Waals surface area contributed by atoms with Gasteiger partial charge in [-0.2, -0.15) is 0 Å². The number of benzene rings is 1. The van der Waals surface area contributed by atoms with E-state index in [4.69, 9.17) is 21.1 Å². The maximum absolute atomic E-state index is 6.14. The van der Waals surface area contributed by atoms with Crippen LogP contribution in [0.1, 0.15) is 37.7 Å². The van der Waals surface area contributed by atoms with Crippen molar-refractivity contribution in [2.45, 2.75) is 43.5 Å². The number of ether oxygens (including phenoxy) is 2. The van der Waals surface area contributed by atoms with Gasteiger partial charge in [-0.1, -0.05) is 34.0 Å². The third-order valence-electron chi connectivity index (χ3n) is 3.30. The number of halogens is 2. The second-order valence-corrected chi connectivity index (χ2v) is 5.60. The summed E-state index contributed by atoms with van der Waals surface area (Å²) >= 11 is 9.54. The van der Waals surface area contributed by atoms with Gasteiger partial charge in [0.15, 0.2) is 11.5 Å². The molecule has 1 aliphatic carbocycles. The van der Waals surface area contributed by atoms with Crippen molar-refractivity contribution in [3.63, 3.8) is 0 Å². The van der Waals surface area contributed by atoms with Crippen molar-refractivity contribution < 1.29 is 9.47 Å². The Morgan fingerprint density at radius 1 is 1.28 bits per heavy atom. The largest absolute Gasteiger partial charge is 0.493 e. The Balaban J connectivity index is 2.23. The fourth-order valence-electron chi connectivity index (χ4n) is 2.36. The van der Waals surface area contributed by atoms with E-state index in [0.717, 1.165) is 29.9 Å². The van der Waals surface area contributed by atoms with E-state index in [1.807, 2.05) is 12.1 Å². The first kappa shape index (κ1) is 14.0. The Hall–Kier alpha value is -0.410. The van der Waals surface area contributed by atoms with Gasteiger partial charge in [0.2, 0.25) is 0 Å². The highest BCUT2D eigenvalue weighted by Crippen LogP contribution is 2.38. The van der Waals surface area contributed by atoms with Crippen LogP contribution in [0.2, 0.25) is 5.02 Å². The quantitative estimate of drug-likeness (QED) is 0.725. The Bertz CT molecular complexity index is 378. The second-order valence-electron chi connectivity index (χ2n) is 4.61. The van der Waals surface area contributed by atoms with Crippen LogP contribution in [0, 0.1) is 0 Å². The highest BCUT2D eigenvalue weighted by Gasteiger charge is 2.19. The maximum Gasteiger partial charge on any atom is 0.165 e. The van der Waals surface area contributed by atoms with Crippen LogP contribution in [0.25, 0.3) is 0 Å². The van der Waals surface area contributed by atoms with E-state index in [1.54, 1.807) is 7.11 Å². The molecular weight excluding hydrogens is 316 g/mol. The molecule has 0 unspecified atom stereocenters. The average molecular weight is 334 g/mol. The Kier molecular flexibility index (Phi) is 5.19. The lowest BCUT2D eigenvalue weighted by atomic mass is 9.97. The predicted octanol–water partition coefficient (Wildman–Crippen LogP) is 4.96. The summed E-state index contributed by atoms with van der Waals surface area (Å²) < 4.78 is 11.5. The van der Waals surface area contributed by atoms with E-state index < -0.39 is 0 Å². The summed E-state index contributed by atoms with van der Waals surface area (Å²) in [4.78, 5) is 0. The zero-order chi connectivity index (χ0) is 13.0. The van der Waals surface area contributed by atoms with Crippen LogP contribution in [0.5, 0.6) is 11.5 Å². The van der Waals surface area contributed by atoms with Crippen molar-refractivity contribution in [1.82, 2.24) is 0 Å². The van der Waals surface area contributed by atoms with Gasteiger partial charge in [-0.3, -0.25) is 0 Å². The molecule has 0 amide bonds. The average Bonchev–Trinajstić information content (AvgIpc) is 2.41. The third kappa shape index (κ3) is 3.33. The molecule has 1 saturated carbocycles. The molecule has 0 atom stereocenters. The molecule has 18 heavy (non-hydrogen) atoms. The SMILES string of the molecule is COc1cc(Cl)cc(CBr)c1OC1CCCCC1. The molecule has 100 valence electrons. The van der Waals surface area contributed by atoms with Gasteiger partial charge >= 0.3 is 0 Å². The molecule has 1 aromatic carbocycles. The molecule has 0 heterocycles. The van der Waals surface area contributed by atoms with Crippen molar-refractivity contribution >= 4 is 27.5 Å². The van der Waals surface area contributed by atoms with Crippen LogP contribution in [0.4, 0.5) is 0 Å². The van der Waals surface area contributed by atoms with Crippen LogP contribution in [0.3, 0.4) is 0 Å². The van der Waals surface area contributed by atoms with Crippen molar-refractivity contribution in [1.29, 1.82) is 0 Å². The summed E-state index contributed by atoms with van der Waals surface area (Å²) in [5.41, 5.74) is 1.05. The molecule has 2 nitrogen and oxygen atoms in total. The van der Waals surface area contributed by atoms with Crippen LogP contribution in [0.15, 0.2) is 12.1 Å². The molecule has 0 aromatic heterocycles. The van der Waals surface area contributed by atoms with E-state index in [1.165, 1.54) is 19.3 Å². The molecule has 0 bridgehead atoms. The van der Waals surface area contributed by atoms with Gasteiger partial charge in [0, 0.05) is 22.0 Å². The van der Waals surface area contributed by atoms with Crippen LogP contribution in [-0.4, -0.2) is 13.2 Å². The van der Waals surface area contributed by atoms with Gasteiger partial charge in [-0.15, -0.1) is 0 Å². The normalized spacial score (nSPS) is 16.6. The molecule has 0 spiro atoms. The topological polar surface area (TPSA) is 18.5 Å². The van der Waals surface area contributed by atoms with Gasteiger partial charge < -0.3 is 9.47 Å². The number of rotatable bonds is 4. The summed E-state index contributed by atoms with van der Waals surface area (Å²) in [5.74, 6) is 1.56. The first-order chi connectivity index (χ1) is 8.74. The zero-order valence-corrected chi connectivity index (χ0v) is 12.9. The van der Waals surface area contributed by atoms with E-state index in [2.05, 4.69) is 15.9 Å². The highest BCUT2D eigenvalue weighted by molar-refractivity contribution is 9.08. The Labute approximate surface area is 122 Å². The molecular formula is C14H18BrClO2. The lowest BCUT2D eigenvalue weighted by molar-refractivity contribution is 0.148. The molecule has 0 aliphatic heterocycles. The van der Waals surface area contributed by atoms with Crippen molar-refractivity contribution in [3.8, 4) is 11.5 Å². The molecule has 0 saturated heterocycles. The fraction of sp³-hybridized carbons (Fsp3) is 0.571. The minimum atomic E-state index is 0.312. The summed E-state index contributed by atoms with van der Waals surface area (Å²) in [6.07, 6.45) is 6.41. The highest BCUT2D eigenvalue weighted by atomic mass is 79.9. The monoisotopic (exact) mass is 332 g/mol. The van der Waals surface area contributed by atoms with Crippen LogP contribution < -0.4 is 9.47 Å². The van der Waals surface area contributed by atoms with Gasteiger partial charge in [0.25, 0.3) is 0 Å². The first-order valence-corrected chi connectivity index (χ1v) is 7.83. The maximum atomic E-state index is 6.14. The minimum Gasteiger partial charge on any atom is -0.493 e. The standard InChI is InChI=1S/C14H18BrClO2/c1-17-13-8-11(16)7-10(9-15)14(13)18-12-5-3-2-4-6-12/h7-8,12H,2-6,9H2,1H3. The molecule has 0 radical (unpaired) electrons. The lowest BCUT2D eigenvalue weighted by Crippen LogP contribution is -2.20. The smallest absolute Gasteiger partial charge is 0.165 e. The zero-order valence-electron chi connectivity index (χ0n) is 10.5. The number of hydrogen-bond donors (Lipinski definition) is 0. The van der Waals surface area contributed by atoms with E-state index in [-0.39, 0.29) is 0 Å². The second kappa shape index (κ2) is 6.67. The van der Waals surface area contributed by atoms with Crippen LogP contribution in [-0.2, 0) is 5.33 Å². The molecule has 0 N–H and O–H groups in total. The minimum absolute atomic E-state index is 0.312. The van der Waals surface area contributed by atoms with Gasteiger partial charge in [0.1, 0.15) is 0 Å². The molecule has 1 aliphatic rings. The predicted molar refractivity (Wildman–Crippen MR) is 78.1 cm³/mol. The summed E-state index contributed by atoms with van der Waals surface area (Å²) in [7, 11) is 1.65. The molecule has 4 heteroatoms. The Morgan fingerprint density at radius 2 is 2.00 bits per heavy atom. The molecule has 2 rings (SSSR count).